The third kappa shape index (κ3) is 4.05. The van der Waals surface area contributed by atoms with E-state index in [1.54, 1.807) is 6.26 Å². The Balaban J connectivity index is 1.60. The summed E-state index contributed by atoms with van der Waals surface area (Å²) < 4.78 is 9.31. The number of carbonyl (C=O) groups is 1. The Hall–Kier alpha value is -2.61. The summed E-state index contributed by atoms with van der Waals surface area (Å²) in [6, 6.07) is 4.06. The lowest BCUT2D eigenvalue weighted by Gasteiger charge is -2.22. The van der Waals surface area contributed by atoms with Crippen LogP contribution >= 0.6 is 0 Å². The molecule has 1 N–H and O–H groups in total. The van der Waals surface area contributed by atoms with E-state index in [0.29, 0.717) is 19.5 Å². The van der Waals surface area contributed by atoms with Gasteiger partial charge < -0.3 is 9.73 Å². The average molecular weight is 372 g/mol. The number of nitrogens with one attached hydrogen (secondary N) is 1. The lowest BCUT2D eigenvalue weighted by atomic mass is 10.2. The van der Waals surface area contributed by atoms with Gasteiger partial charge in [-0.25, -0.2) is 0 Å². The zero-order chi connectivity index (χ0) is 19.6. The lowest BCUT2D eigenvalue weighted by Crippen LogP contribution is -2.34. The molecule has 0 saturated carbocycles. The molecule has 27 heavy (non-hydrogen) atoms. The molecule has 0 aliphatic rings. The van der Waals surface area contributed by atoms with Crippen molar-refractivity contribution >= 4 is 16.9 Å². The Morgan fingerprint density at radius 3 is 2.78 bits per heavy atom. The van der Waals surface area contributed by atoms with Crippen LogP contribution in [0.5, 0.6) is 0 Å². The van der Waals surface area contributed by atoms with Crippen LogP contribution in [0.2, 0.25) is 0 Å². The highest BCUT2D eigenvalue weighted by Gasteiger charge is 2.19. The van der Waals surface area contributed by atoms with Gasteiger partial charge in [-0.1, -0.05) is 0 Å². The summed E-state index contributed by atoms with van der Waals surface area (Å²) >= 11 is 0. The number of amides is 1. The van der Waals surface area contributed by atoms with E-state index in [9.17, 15) is 4.79 Å². The van der Waals surface area contributed by atoms with Gasteiger partial charge in [-0.15, -0.1) is 0 Å². The third-order valence-corrected chi connectivity index (χ3v) is 4.69. The number of aryl methyl sites for hydroxylation is 2. The maximum atomic E-state index is 12.3. The molecule has 8 heteroatoms. The van der Waals surface area contributed by atoms with E-state index < -0.39 is 0 Å². The molecule has 0 aliphatic carbocycles. The quantitative estimate of drug-likeness (QED) is 0.657. The molecule has 0 radical (unpaired) electrons. The highest BCUT2D eigenvalue weighted by molar-refractivity contribution is 5.79. The number of likely N-dealkylation sites (N-methyl/N-ethyl adjacent to an activating group) is 1. The van der Waals surface area contributed by atoms with Gasteiger partial charge in [0.05, 0.1) is 30.7 Å². The Morgan fingerprint density at radius 2 is 2.15 bits per heavy atom. The van der Waals surface area contributed by atoms with Gasteiger partial charge in [0.25, 0.3) is 0 Å². The van der Waals surface area contributed by atoms with E-state index in [-0.39, 0.29) is 18.0 Å². The van der Waals surface area contributed by atoms with E-state index >= 15 is 0 Å². The van der Waals surface area contributed by atoms with Crippen LogP contribution in [0.1, 0.15) is 43.8 Å². The average Bonchev–Trinajstić information content (AvgIpc) is 3.32. The minimum absolute atomic E-state index is 0.00637. The van der Waals surface area contributed by atoms with Crippen molar-refractivity contribution in [2.24, 2.45) is 0 Å². The van der Waals surface area contributed by atoms with Gasteiger partial charge in [0, 0.05) is 19.0 Å². The first-order valence-electron chi connectivity index (χ1n) is 9.25. The first kappa shape index (κ1) is 19.2. The molecule has 1 atom stereocenters. The zero-order valence-electron chi connectivity index (χ0n) is 16.6. The summed E-state index contributed by atoms with van der Waals surface area (Å²) in [6.07, 6.45) is 3.84. The van der Waals surface area contributed by atoms with E-state index in [4.69, 9.17) is 4.42 Å². The van der Waals surface area contributed by atoms with Crippen LogP contribution in [-0.4, -0.2) is 51.0 Å². The molecule has 1 amide bonds. The Labute approximate surface area is 159 Å². The van der Waals surface area contributed by atoms with Crippen LogP contribution < -0.4 is 5.32 Å². The van der Waals surface area contributed by atoms with E-state index in [1.165, 1.54) is 0 Å². The van der Waals surface area contributed by atoms with E-state index in [2.05, 4.69) is 29.4 Å². The molecular formula is C19H28N6O2. The number of hydrogen-bond donors (Lipinski definition) is 1. The fourth-order valence-corrected chi connectivity index (χ4v) is 3.27. The van der Waals surface area contributed by atoms with Gasteiger partial charge in [0.1, 0.15) is 16.8 Å². The number of carbonyl (C=O) groups excluding carboxylic acids is 1. The molecule has 0 fully saturated rings. The molecule has 3 aromatic heterocycles. The van der Waals surface area contributed by atoms with E-state index in [0.717, 1.165) is 22.5 Å². The molecule has 0 saturated heterocycles. The van der Waals surface area contributed by atoms with Crippen LogP contribution in [0.4, 0.5) is 0 Å². The van der Waals surface area contributed by atoms with Crippen molar-refractivity contribution in [2.45, 2.75) is 45.8 Å². The van der Waals surface area contributed by atoms with Gasteiger partial charge in [0.15, 0.2) is 0 Å². The number of nitrogens with zero attached hydrogens (tertiary/aromatic N) is 5. The maximum Gasteiger partial charge on any atom is 0.221 e. The van der Waals surface area contributed by atoms with Gasteiger partial charge in [-0.3, -0.25) is 19.1 Å². The Morgan fingerprint density at radius 1 is 1.37 bits per heavy atom. The fraction of sp³-hybridized carbons (Fsp3) is 0.526. The van der Waals surface area contributed by atoms with Crippen molar-refractivity contribution in [1.29, 1.82) is 0 Å². The van der Waals surface area contributed by atoms with Crippen molar-refractivity contribution in [3.63, 3.8) is 0 Å². The summed E-state index contributed by atoms with van der Waals surface area (Å²) in [7, 11) is 3.93. The van der Waals surface area contributed by atoms with E-state index in [1.807, 2.05) is 53.6 Å². The number of aromatic nitrogens is 4. The maximum absolute atomic E-state index is 12.3. The molecule has 0 spiro atoms. The zero-order valence-corrected chi connectivity index (χ0v) is 16.6. The highest BCUT2D eigenvalue weighted by Crippen LogP contribution is 2.21. The monoisotopic (exact) mass is 372 g/mol. The number of hydrogen-bond acceptors (Lipinski definition) is 5. The molecule has 0 bridgehead atoms. The number of rotatable bonds is 8. The summed E-state index contributed by atoms with van der Waals surface area (Å²) in [5.41, 5.74) is 2.94. The van der Waals surface area contributed by atoms with Gasteiger partial charge in [-0.2, -0.15) is 10.2 Å². The van der Waals surface area contributed by atoms with Crippen LogP contribution in [0.3, 0.4) is 0 Å². The van der Waals surface area contributed by atoms with Crippen molar-refractivity contribution in [2.75, 3.05) is 20.6 Å². The van der Waals surface area contributed by atoms with Crippen molar-refractivity contribution < 1.29 is 9.21 Å². The van der Waals surface area contributed by atoms with Crippen molar-refractivity contribution in [1.82, 2.24) is 29.8 Å². The lowest BCUT2D eigenvalue weighted by molar-refractivity contribution is -0.121. The number of fused-ring (bicyclic) bond motifs is 1. The first-order valence-corrected chi connectivity index (χ1v) is 9.25. The van der Waals surface area contributed by atoms with Gasteiger partial charge >= 0.3 is 0 Å². The highest BCUT2D eigenvalue weighted by atomic mass is 16.3. The molecular weight excluding hydrogens is 344 g/mol. The molecule has 0 aromatic carbocycles. The van der Waals surface area contributed by atoms with Crippen LogP contribution in [0, 0.1) is 6.92 Å². The summed E-state index contributed by atoms with van der Waals surface area (Å²) in [6.45, 7) is 7.18. The molecule has 3 aromatic rings. The second-order valence-corrected chi connectivity index (χ2v) is 7.27. The first-order chi connectivity index (χ1) is 12.9. The van der Waals surface area contributed by atoms with Crippen molar-refractivity contribution in [3.05, 3.63) is 36.0 Å². The predicted molar refractivity (Wildman–Crippen MR) is 103 cm³/mol. The predicted octanol–water partition coefficient (Wildman–Crippen LogP) is 2.52. The third-order valence-electron chi connectivity index (χ3n) is 4.69. The Bertz CT molecular complexity index is 891. The standard InChI is InChI=1S/C19H28N6O2/c1-13(2)25-16-12-21-24(19(16)14(3)22-25)9-8-18(26)20-11-15(23(4)5)17-7-6-10-27-17/h6-7,10,12-13,15H,8-9,11H2,1-5H3,(H,20,26). The largest absolute Gasteiger partial charge is 0.468 e. The van der Waals surface area contributed by atoms with Crippen LogP contribution in [-0.2, 0) is 11.3 Å². The summed E-state index contributed by atoms with van der Waals surface area (Å²) in [5, 5.41) is 12.0. The summed E-state index contributed by atoms with van der Waals surface area (Å²) in [5.74, 6) is 0.830. The Kier molecular flexibility index (Phi) is 5.65. The molecule has 0 aliphatic heterocycles. The van der Waals surface area contributed by atoms with Crippen molar-refractivity contribution in [3.8, 4) is 0 Å². The molecule has 3 heterocycles. The normalized spacial score (nSPS) is 13.0. The minimum Gasteiger partial charge on any atom is -0.468 e. The SMILES string of the molecule is Cc1nn(C(C)C)c2cnn(CCC(=O)NCC(c3ccco3)N(C)C)c12. The molecule has 8 nitrogen and oxygen atoms in total. The van der Waals surface area contributed by atoms with Gasteiger partial charge in [-0.05, 0) is 47.0 Å². The second kappa shape index (κ2) is 7.96. The second-order valence-electron chi connectivity index (χ2n) is 7.27. The topological polar surface area (TPSA) is 81.1 Å². The van der Waals surface area contributed by atoms with Gasteiger partial charge in [0.2, 0.25) is 5.91 Å². The molecule has 1 unspecified atom stereocenters. The smallest absolute Gasteiger partial charge is 0.221 e. The molecule has 3 rings (SSSR count). The van der Waals surface area contributed by atoms with Crippen LogP contribution in [0.25, 0.3) is 11.0 Å². The summed E-state index contributed by atoms with van der Waals surface area (Å²) in [4.78, 5) is 14.4. The number of furan rings is 1. The minimum atomic E-state index is -0.00837. The molecule has 146 valence electrons. The fourth-order valence-electron chi connectivity index (χ4n) is 3.27. The van der Waals surface area contributed by atoms with Crippen LogP contribution in [0.15, 0.2) is 29.0 Å².